The summed E-state index contributed by atoms with van der Waals surface area (Å²) in [6.07, 6.45) is -3.47. The van der Waals surface area contributed by atoms with Crippen LogP contribution in [0.4, 0.5) is 13.2 Å². The Balaban J connectivity index is 2.06. The summed E-state index contributed by atoms with van der Waals surface area (Å²) in [4.78, 5) is 17.2. The molecule has 0 aromatic heterocycles. The molecule has 1 aliphatic rings. The van der Waals surface area contributed by atoms with E-state index in [1.54, 1.807) is 0 Å². The van der Waals surface area contributed by atoms with Crippen molar-refractivity contribution in [3.63, 3.8) is 0 Å². The molecule has 0 amide bonds. The number of hydrogen-bond donors (Lipinski definition) is 1. The molecule has 1 N–H and O–H groups in total. The van der Waals surface area contributed by atoms with E-state index in [9.17, 15) is 23.2 Å². The fourth-order valence-corrected chi connectivity index (χ4v) is 3.85. The molecule has 9 nitrogen and oxygen atoms in total. The number of ether oxygens (including phenoxy) is 2. The molecule has 0 saturated carbocycles. The van der Waals surface area contributed by atoms with Gasteiger partial charge in [0.2, 0.25) is 11.4 Å². The molecule has 13 heteroatoms. The quantitative estimate of drug-likeness (QED) is 0.104. The lowest BCUT2D eigenvalue weighted by atomic mass is 9.85. The second-order valence-electron chi connectivity index (χ2n) is 9.29. The molecule has 0 fully saturated rings. The number of alkyl halides is 3. The van der Waals surface area contributed by atoms with Gasteiger partial charge in [0.1, 0.15) is 5.75 Å². The standard InChI is InChI=1S/C23H31ClF3N3O6/c1-22(2,3)17-13-19-15(12-18(17)24)11-16(20(36-19)23(25,26)27)21(32)34-14-35-28-30(33)29(4)9-7-5-6-8-10-31/h11-13,20,31H,5-10,14H2,1-4H3/b30-28-/t20-/m0/s1. The molecule has 1 aromatic rings. The topological polar surface area (TPSA) is 107 Å². The first-order chi connectivity index (χ1) is 16.8. The zero-order valence-corrected chi connectivity index (χ0v) is 21.4. The summed E-state index contributed by atoms with van der Waals surface area (Å²) in [6, 6.07) is 2.86. The van der Waals surface area contributed by atoms with E-state index in [-0.39, 0.29) is 22.9 Å². The number of hydrogen-bond acceptors (Lipinski definition) is 7. The Morgan fingerprint density at radius 2 is 1.92 bits per heavy atom. The van der Waals surface area contributed by atoms with Crippen LogP contribution < -0.4 is 4.74 Å². The van der Waals surface area contributed by atoms with Crippen molar-refractivity contribution in [2.75, 3.05) is 27.0 Å². The highest BCUT2D eigenvalue weighted by Gasteiger charge is 2.49. The van der Waals surface area contributed by atoms with Gasteiger partial charge in [0.25, 0.3) is 6.79 Å². The Kier molecular flexibility index (Phi) is 10.2. The van der Waals surface area contributed by atoms with E-state index in [1.807, 2.05) is 20.8 Å². The number of benzene rings is 1. The van der Waals surface area contributed by atoms with Crippen LogP contribution in [-0.2, 0) is 19.8 Å². The van der Waals surface area contributed by atoms with Crippen LogP contribution in [-0.4, -0.2) is 60.3 Å². The van der Waals surface area contributed by atoms with Gasteiger partial charge in [-0.05, 0) is 42.0 Å². The van der Waals surface area contributed by atoms with E-state index in [2.05, 4.69) is 10.1 Å². The smallest absolute Gasteiger partial charge is 0.430 e. The SMILES string of the molecule is CN(CCCCCCO)/[N+]([O-])=N/OCOC(=O)C1=Cc2cc(Cl)c(C(C)(C)C)cc2O[C@@H]1C(F)(F)F. The van der Waals surface area contributed by atoms with Crippen LogP contribution >= 0.6 is 11.6 Å². The van der Waals surface area contributed by atoms with Crippen LogP contribution in [0.1, 0.15) is 57.6 Å². The number of carbonyl (C=O) groups excluding carboxylic acids is 1. The predicted molar refractivity (Wildman–Crippen MR) is 125 cm³/mol. The van der Waals surface area contributed by atoms with Crippen LogP contribution in [0.15, 0.2) is 23.0 Å². The van der Waals surface area contributed by atoms with Gasteiger partial charge in [-0.15, -0.1) is 5.01 Å². The highest BCUT2D eigenvalue weighted by Crippen LogP contribution is 2.42. The van der Waals surface area contributed by atoms with Gasteiger partial charge in [0.15, 0.2) is 0 Å². The Labute approximate surface area is 212 Å². The maximum atomic E-state index is 13.7. The number of halogens is 4. The zero-order valence-electron chi connectivity index (χ0n) is 20.6. The molecule has 0 saturated heterocycles. The zero-order chi connectivity index (χ0) is 27.1. The van der Waals surface area contributed by atoms with E-state index in [1.165, 1.54) is 24.2 Å². The van der Waals surface area contributed by atoms with E-state index in [0.717, 1.165) is 18.9 Å². The van der Waals surface area contributed by atoms with Gasteiger partial charge >= 0.3 is 12.1 Å². The average molecular weight is 538 g/mol. The number of aliphatic hydroxyl groups is 1. The van der Waals surface area contributed by atoms with Crippen molar-refractivity contribution in [1.82, 2.24) is 5.01 Å². The molecule has 1 aromatic carbocycles. The summed E-state index contributed by atoms with van der Waals surface area (Å²) in [5, 5.41) is 25.3. The Hall–Kier alpha value is -2.73. The Morgan fingerprint density at radius 1 is 1.25 bits per heavy atom. The van der Waals surface area contributed by atoms with Gasteiger partial charge in [-0.2, -0.15) is 13.2 Å². The number of carbonyl (C=O) groups is 1. The number of hydrazine groups is 1. The summed E-state index contributed by atoms with van der Waals surface area (Å²) in [5.41, 5.74) is -0.457. The Bertz CT molecular complexity index is 979. The molecular weight excluding hydrogens is 507 g/mol. The van der Waals surface area contributed by atoms with Crippen LogP contribution in [0.2, 0.25) is 5.02 Å². The lowest BCUT2D eigenvalue weighted by Gasteiger charge is -2.30. The normalized spacial score (nSPS) is 16.1. The van der Waals surface area contributed by atoms with Crippen molar-refractivity contribution in [3.05, 3.63) is 39.1 Å². The van der Waals surface area contributed by atoms with Crippen LogP contribution in [0.25, 0.3) is 6.08 Å². The highest BCUT2D eigenvalue weighted by atomic mass is 35.5. The summed E-state index contributed by atoms with van der Waals surface area (Å²) < 4.78 is 51.0. The third-order valence-corrected chi connectivity index (χ3v) is 5.64. The third kappa shape index (κ3) is 8.16. The summed E-state index contributed by atoms with van der Waals surface area (Å²) in [6.45, 7) is 5.15. The second kappa shape index (κ2) is 12.5. The minimum atomic E-state index is -4.90. The van der Waals surface area contributed by atoms with E-state index in [0.29, 0.717) is 30.0 Å². The maximum Gasteiger partial charge on any atom is 0.430 e. The molecular formula is C23H31ClF3N3O6. The predicted octanol–water partition coefficient (Wildman–Crippen LogP) is 5.14. The van der Waals surface area contributed by atoms with Gasteiger partial charge in [0.05, 0.1) is 24.1 Å². The van der Waals surface area contributed by atoms with Crippen molar-refractivity contribution in [2.45, 2.75) is 64.1 Å². The van der Waals surface area contributed by atoms with Gasteiger partial charge < -0.3 is 24.6 Å². The van der Waals surface area contributed by atoms with Crippen molar-refractivity contribution in [3.8, 4) is 5.75 Å². The van der Waals surface area contributed by atoms with Crippen LogP contribution in [0.5, 0.6) is 5.75 Å². The van der Waals surface area contributed by atoms with Crippen molar-refractivity contribution >= 4 is 23.6 Å². The number of rotatable bonds is 11. The third-order valence-electron chi connectivity index (χ3n) is 5.33. The molecule has 1 heterocycles. The summed E-state index contributed by atoms with van der Waals surface area (Å²) >= 11 is 6.31. The molecule has 36 heavy (non-hydrogen) atoms. The highest BCUT2D eigenvalue weighted by molar-refractivity contribution is 6.31. The van der Waals surface area contributed by atoms with Crippen LogP contribution in [0, 0.1) is 5.21 Å². The number of fused-ring (bicyclic) bond motifs is 1. The van der Waals surface area contributed by atoms with E-state index in [4.69, 9.17) is 26.2 Å². The van der Waals surface area contributed by atoms with Crippen molar-refractivity contribution < 1.29 is 42.4 Å². The molecule has 0 spiro atoms. The van der Waals surface area contributed by atoms with E-state index >= 15 is 0 Å². The molecule has 2 rings (SSSR count). The van der Waals surface area contributed by atoms with Gasteiger partial charge in [-0.3, -0.25) is 0 Å². The average Bonchev–Trinajstić information content (AvgIpc) is 2.78. The van der Waals surface area contributed by atoms with Gasteiger partial charge in [0, 0.05) is 17.2 Å². The first kappa shape index (κ1) is 29.5. The largest absolute Gasteiger partial charge is 0.569 e. The number of unbranched alkanes of at least 4 members (excludes halogenated alkanes) is 3. The van der Waals surface area contributed by atoms with Gasteiger partial charge in [-0.25, -0.2) is 4.79 Å². The Morgan fingerprint density at radius 3 is 2.53 bits per heavy atom. The minimum Gasteiger partial charge on any atom is -0.569 e. The molecule has 0 unspecified atom stereocenters. The molecule has 0 aliphatic carbocycles. The molecule has 0 bridgehead atoms. The second-order valence-corrected chi connectivity index (χ2v) is 9.70. The molecule has 1 atom stereocenters. The number of aliphatic hydroxyl groups excluding tert-OH is 1. The van der Waals surface area contributed by atoms with Crippen molar-refractivity contribution in [1.29, 1.82) is 0 Å². The first-order valence-electron chi connectivity index (χ1n) is 11.3. The lowest BCUT2D eigenvalue weighted by molar-refractivity contribution is -0.706. The number of esters is 1. The maximum absolute atomic E-state index is 13.7. The van der Waals surface area contributed by atoms with Gasteiger partial charge in [-0.1, -0.05) is 45.2 Å². The fraction of sp³-hybridized carbons (Fsp3) is 0.609. The first-order valence-corrected chi connectivity index (χ1v) is 11.7. The molecule has 1 aliphatic heterocycles. The monoisotopic (exact) mass is 537 g/mol. The minimum absolute atomic E-state index is 0.0594. The van der Waals surface area contributed by atoms with Crippen molar-refractivity contribution in [2.24, 2.45) is 5.28 Å². The van der Waals surface area contributed by atoms with Crippen LogP contribution in [0.3, 0.4) is 0 Å². The fourth-order valence-electron chi connectivity index (χ4n) is 3.39. The van der Waals surface area contributed by atoms with E-state index < -0.39 is 36.0 Å². The number of nitrogens with zero attached hydrogens (tertiary/aromatic N) is 3. The summed E-state index contributed by atoms with van der Waals surface area (Å²) in [5.74, 6) is -1.40. The lowest BCUT2D eigenvalue weighted by Crippen LogP contribution is -2.41. The summed E-state index contributed by atoms with van der Waals surface area (Å²) in [7, 11) is 1.46. The molecule has 0 radical (unpaired) electrons. The molecule has 202 valence electrons.